The van der Waals surface area contributed by atoms with Crippen molar-refractivity contribution in [1.82, 2.24) is 19.4 Å². The lowest BCUT2D eigenvalue weighted by Crippen LogP contribution is -2.35. The number of hydrogen-bond donors (Lipinski definition) is 2. The van der Waals surface area contributed by atoms with Crippen molar-refractivity contribution in [2.45, 2.75) is 46.9 Å². The highest BCUT2D eigenvalue weighted by Gasteiger charge is 2.27. The molecule has 2 aromatic carbocycles. The number of carbonyl (C=O) groups is 3. The second-order valence-electron chi connectivity index (χ2n) is 12.2. The molecule has 12 nitrogen and oxygen atoms in total. The molecule has 0 bridgehead atoms. The Balaban J connectivity index is 1.41. The number of anilines is 4. The maximum absolute atomic E-state index is 12.5. The van der Waals surface area contributed by atoms with E-state index in [1.807, 2.05) is 36.2 Å². The third-order valence-electron chi connectivity index (χ3n) is 7.72. The van der Waals surface area contributed by atoms with E-state index in [9.17, 15) is 14.4 Å². The summed E-state index contributed by atoms with van der Waals surface area (Å²) in [6.45, 7) is 11.9. The molecule has 0 spiro atoms. The number of hydrogen-bond acceptors (Lipinski definition) is 9. The fraction of sp³-hybridized carbons (Fsp3) is 0.324. The van der Waals surface area contributed by atoms with Crippen LogP contribution in [0.5, 0.6) is 11.6 Å². The number of amides is 2. The highest BCUT2D eigenvalue weighted by atomic mass is 16.5. The van der Waals surface area contributed by atoms with Crippen LogP contribution in [0, 0.1) is 5.41 Å². The van der Waals surface area contributed by atoms with E-state index in [0.29, 0.717) is 29.0 Å². The summed E-state index contributed by atoms with van der Waals surface area (Å²) in [5, 5.41) is 6.60. The first-order valence-corrected chi connectivity index (χ1v) is 15.0. The van der Waals surface area contributed by atoms with Gasteiger partial charge < -0.3 is 29.9 Å². The number of ether oxygens (including phenoxy) is 2. The quantitative estimate of drug-likeness (QED) is 0.168. The first kappa shape index (κ1) is 32.0. The molecule has 1 aliphatic rings. The molecule has 2 aromatic heterocycles. The fourth-order valence-corrected chi connectivity index (χ4v) is 5.03. The van der Waals surface area contributed by atoms with Crippen LogP contribution in [0.3, 0.4) is 0 Å². The maximum Gasteiger partial charge on any atom is 0.312 e. The van der Waals surface area contributed by atoms with E-state index in [1.54, 1.807) is 68.8 Å². The van der Waals surface area contributed by atoms with Gasteiger partial charge >= 0.3 is 5.97 Å². The standard InChI is InChI=1S/C34H39N7O5/c1-7-29(43)35-24-9-8-10-27(19-24)46-31-28-16-18-41(21-45-32(44)34(3,4)5)30(28)37-33(38-31)36-23-11-13-25(14-12-23)39(6)26-15-17-40(20-26)22(2)42/h7-14,16,18-19,26H,1,15,17,20-21H2,2-6H3,(H,35,43)(H,36,37,38)/t26-/m0/s1. The van der Waals surface area contributed by atoms with E-state index in [1.165, 1.54) is 6.08 Å². The van der Waals surface area contributed by atoms with Crippen molar-refractivity contribution >= 4 is 51.8 Å². The summed E-state index contributed by atoms with van der Waals surface area (Å²) in [5.74, 6) is 0.411. The smallest absolute Gasteiger partial charge is 0.312 e. The van der Waals surface area contributed by atoms with E-state index in [0.717, 1.165) is 24.3 Å². The lowest BCUT2D eigenvalue weighted by Gasteiger charge is -2.27. The Morgan fingerprint density at radius 1 is 1.09 bits per heavy atom. The van der Waals surface area contributed by atoms with Crippen LogP contribution in [0.1, 0.15) is 34.1 Å². The van der Waals surface area contributed by atoms with Crippen LogP contribution in [0.25, 0.3) is 11.0 Å². The SMILES string of the molecule is C=CC(=O)Nc1cccc(Oc2nc(Nc3ccc(N(C)[C@H]4CCN(C(C)=O)C4)cc3)nc3c2ccn3COC(=O)C(C)(C)C)c1. The van der Waals surface area contributed by atoms with Gasteiger partial charge in [0, 0.05) is 62.4 Å². The van der Waals surface area contributed by atoms with Crippen molar-refractivity contribution in [2.75, 3.05) is 35.7 Å². The van der Waals surface area contributed by atoms with Crippen molar-refractivity contribution < 1.29 is 23.9 Å². The molecule has 240 valence electrons. The first-order chi connectivity index (χ1) is 21.9. The average Bonchev–Trinajstić information content (AvgIpc) is 3.68. The van der Waals surface area contributed by atoms with E-state index < -0.39 is 5.41 Å². The zero-order valence-electron chi connectivity index (χ0n) is 26.7. The van der Waals surface area contributed by atoms with Crippen LogP contribution in [0.15, 0.2) is 73.4 Å². The molecule has 0 unspecified atom stereocenters. The summed E-state index contributed by atoms with van der Waals surface area (Å²) in [4.78, 5) is 49.6. The number of likely N-dealkylation sites (tertiary alicyclic amines) is 1. The molecule has 0 radical (unpaired) electrons. The average molecular weight is 626 g/mol. The second-order valence-corrected chi connectivity index (χ2v) is 12.2. The third-order valence-corrected chi connectivity index (χ3v) is 7.72. The van der Waals surface area contributed by atoms with E-state index in [2.05, 4.69) is 27.1 Å². The van der Waals surface area contributed by atoms with Crippen LogP contribution >= 0.6 is 0 Å². The predicted octanol–water partition coefficient (Wildman–Crippen LogP) is 5.70. The second kappa shape index (κ2) is 13.3. The predicted molar refractivity (Wildman–Crippen MR) is 177 cm³/mol. The molecule has 1 atom stereocenters. The number of esters is 1. The lowest BCUT2D eigenvalue weighted by atomic mass is 9.98. The molecule has 0 saturated carbocycles. The van der Waals surface area contributed by atoms with Gasteiger partial charge in [-0.05, 0) is 75.7 Å². The van der Waals surface area contributed by atoms with Crippen LogP contribution in [-0.4, -0.2) is 63.4 Å². The molecule has 3 heterocycles. The molecule has 2 N–H and O–H groups in total. The molecule has 1 aliphatic heterocycles. The summed E-state index contributed by atoms with van der Waals surface area (Å²) in [5.41, 5.74) is 2.16. The van der Waals surface area contributed by atoms with Crippen molar-refractivity contribution in [1.29, 1.82) is 0 Å². The molecule has 2 amide bonds. The van der Waals surface area contributed by atoms with Gasteiger partial charge in [-0.25, -0.2) is 0 Å². The maximum atomic E-state index is 12.5. The summed E-state index contributed by atoms with van der Waals surface area (Å²) >= 11 is 0. The number of nitrogens with zero attached hydrogens (tertiary/aromatic N) is 5. The molecule has 5 rings (SSSR count). The normalized spacial score (nSPS) is 14.5. The van der Waals surface area contributed by atoms with E-state index in [4.69, 9.17) is 14.5 Å². The monoisotopic (exact) mass is 625 g/mol. The summed E-state index contributed by atoms with van der Waals surface area (Å²) in [6, 6.07) is 16.9. The Labute approximate surface area is 268 Å². The van der Waals surface area contributed by atoms with E-state index in [-0.39, 0.29) is 42.4 Å². The minimum atomic E-state index is -0.657. The third kappa shape index (κ3) is 7.45. The zero-order valence-corrected chi connectivity index (χ0v) is 26.7. The number of benzene rings is 2. The number of carbonyl (C=O) groups excluding carboxylic acids is 3. The Kier molecular flexibility index (Phi) is 9.26. The summed E-state index contributed by atoms with van der Waals surface area (Å²) in [6.07, 6.45) is 3.87. The van der Waals surface area contributed by atoms with Gasteiger partial charge in [0.1, 0.15) is 5.75 Å². The number of fused-ring (bicyclic) bond motifs is 1. The van der Waals surface area contributed by atoms with Crippen molar-refractivity contribution in [3.8, 4) is 11.6 Å². The topological polar surface area (TPSA) is 131 Å². The first-order valence-electron chi connectivity index (χ1n) is 15.0. The van der Waals surface area contributed by atoms with Gasteiger partial charge in [-0.1, -0.05) is 12.6 Å². The largest absolute Gasteiger partial charge is 0.443 e. The molecule has 1 fully saturated rings. The van der Waals surface area contributed by atoms with Gasteiger partial charge in [-0.15, -0.1) is 0 Å². The molecule has 1 saturated heterocycles. The van der Waals surface area contributed by atoms with Crippen molar-refractivity contribution in [3.63, 3.8) is 0 Å². The Morgan fingerprint density at radius 2 is 1.85 bits per heavy atom. The Hall–Kier alpha value is -5.39. The van der Waals surface area contributed by atoms with Crippen molar-refractivity contribution in [2.24, 2.45) is 5.41 Å². The minimum absolute atomic E-state index is 0.0399. The number of aromatic nitrogens is 3. The van der Waals surface area contributed by atoms with Crippen LogP contribution in [-0.2, 0) is 25.9 Å². The van der Waals surface area contributed by atoms with E-state index >= 15 is 0 Å². The lowest BCUT2D eigenvalue weighted by molar-refractivity contribution is -0.156. The Bertz CT molecular complexity index is 1760. The summed E-state index contributed by atoms with van der Waals surface area (Å²) in [7, 11) is 2.04. The molecular weight excluding hydrogens is 586 g/mol. The van der Waals surface area contributed by atoms with Gasteiger partial charge in [-0.2, -0.15) is 9.97 Å². The van der Waals surface area contributed by atoms with Gasteiger partial charge in [0.05, 0.1) is 10.8 Å². The number of nitrogens with one attached hydrogen (secondary N) is 2. The molecule has 46 heavy (non-hydrogen) atoms. The molecule has 0 aliphatic carbocycles. The Morgan fingerprint density at radius 3 is 2.52 bits per heavy atom. The van der Waals surface area contributed by atoms with Gasteiger partial charge in [0.25, 0.3) is 0 Å². The number of likely N-dealkylation sites (N-methyl/N-ethyl adjacent to an activating group) is 1. The molecule has 12 heteroatoms. The van der Waals surface area contributed by atoms with Gasteiger partial charge in [-0.3, -0.25) is 19.0 Å². The molecule has 4 aromatic rings. The van der Waals surface area contributed by atoms with Gasteiger partial charge in [0.15, 0.2) is 12.4 Å². The van der Waals surface area contributed by atoms with Crippen molar-refractivity contribution in [3.05, 3.63) is 73.4 Å². The fourth-order valence-electron chi connectivity index (χ4n) is 5.03. The van der Waals surface area contributed by atoms with Crippen LogP contribution in [0.2, 0.25) is 0 Å². The minimum Gasteiger partial charge on any atom is -0.443 e. The summed E-state index contributed by atoms with van der Waals surface area (Å²) < 4.78 is 13.5. The highest BCUT2D eigenvalue weighted by molar-refractivity contribution is 5.99. The van der Waals surface area contributed by atoms with Crippen LogP contribution < -0.4 is 20.3 Å². The van der Waals surface area contributed by atoms with Crippen LogP contribution in [0.4, 0.5) is 23.0 Å². The highest BCUT2D eigenvalue weighted by Crippen LogP contribution is 2.32. The number of rotatable bonds is 10. The molecular formula is C34H39N7O5. The van der Waals surface area contributed by atoms with Gasteiger partial charge in [0.2, 0.25) is 23.6 Å². The zero-order chi connectivity index (χ0) is 33.0.